The Bertz CT molecular complexity index is 1160. The predicted molar refractivity (Wildman–Crippen MR) is 112 cm³/mol. The van der Waals surface area contributed by atoms with Crippen LogP contribution in [-0.2, 0) is 25.7 Å². The van der Waals surface area contributed by atoms with Crippen LogP contribution >= 0.6 is 11.3 Å². The first-order valence-electron chi connectivity index (χ1n) is 8.76. The van der Waals surface area contributed by atoms with E-state index in [4.69, 9.17) is 4.74 Å². The van der Waals surface area contributed by atoms with E-state index in [2.05, 4.69) is 10.3 Å². The Morgan fingerprint density at radius 2 is 1.93 bits per heavy atom. The van der Waals surface area contributed by atoms with E-state index in [1.165, 1.54) is 31.4 Å². The molecule has 29 heavy (non-hydrogen) atoms. The third-order valence-electron chi connectivity index (χ3n) is 3.94. The zero-order valence-electron chi connectivity index (χ0n) is 15.9. The number of aromatic nitrogens is 1. The summed E-state index contributed by atoms with van der Waals surface area (Å²) in [5, 5.41) is 2.71. The highest BCUT2D eigenvalue weighted by molar-refractivity contribution is 7.16. The van der Waals surface area contributed by atoms with Crippen molar-refractivity contribution in [2.24, 2.45) is 4.99 Å². The molecule has 0 aliphatic heterocycles. The number of nitrogens with zero attached hydrogens (tertiary/aromatic N) is 2. The van der Waals surface area contributed by atoms with Crippen molar-refractivity contribution >= 4 is 51.1 Å². The first kappa shape index (κ1) is 20.2. The number of nitrogens with one attached hydrogen (secondary N) is 1. The van der Waals surface area contributed by atoms with E-state index in [-0.39, 0.29) is 12.5 Å². The molecule has 0 saturated heterocycles. The summed E-state index contributed by atoms with van der Waals surface area (Å²) in [5.41, 5.74) is 2.22. The number of rotatable bonds is 5. The van der Waals surface area contributed by atoms with Gasteiger partial charge in [-0.3, -0.25) is 14.4 Å². The molecule has 3 rings (SSSR count). The lowest BCUT2D eigenvalue weighted by atomic mass is 10.2. The lowest BCUT2D eigenvalue weighted by Crippen LogP contribution is -2.22. The molecule has 0 aliphatic carbocycles. The smallest absolute Gasteiger partial charge is 0.325 e. The number of benzene rings is 2. The number of carbonyl (C=O) groups is 3. The molecule has 2 amide bonds. The summed E-state index contributed by atoms with van der Waals surface area (Å²) < 4.78 is 7.16. The summed E-state index contributed by atoms with van der Waals surface area (Å²) in [6, 6.07) is 14.7. The van der Waals surface area contributed by atoms with Gasteiger partial charge in [-0.05, 0) is 29.8 Å². The number of ether oxygens (including phenoxy) is 1. The lowest BCUT2D eigenvalue weighted by Gasteiger charge is -2.05. The minimum Gasteiger partial charge on any atom is -0.468 e. The maximum atomic E-state index is 12.3. The average molecular weight is 409 g/mol. The maximum absolute atomic E-state index is 12.3. The quantitative estimate of drug-likeness (QED) is 0.518. The molecule has 7 nitrogen and oxygen atoms in total. The van der Waals surface area contributed by atoms with Crippen molar-refractivity contribution in [3.63, 3.8) is 0 Å². The molecule has 3 aromatic rings. The number of hydrogen-bond acceptors (Lipinski definition) is 5. The average Bonchev–Trinajstić information content (AvgIpc) is 3.02. The van der Waals surface area contributed by atoms with Gasteiger partial charge in [-0.25, -0.2) is 0 Å². The molecule has 0 fully saturated rings. The topological polar surface area (TPSA) is 89.8 Å². The molecular weight excluding hydrogens is 390 g/mol. The van der Waals surface area contributed by atoms with Gasteiger partial charge in [0.1, 0.15) is 6.54 Å². The Labute approximate surface area is 171 Å². The molecule has 1 aromatic heterocycles. The van der Waals surface area contributed by atoms with Gasteiger partial charge in [0.2, 0.25) is 5.91 Å². The van der Waals surface area contributed by atoms with E-state index in [0.717, 1.165) is 10.3 Å². The lowest BCUT2D eigenvalue weighted by molar-refractivity contribution is -0.141. The Morgan fingerprint density at radius 3 is 2.62 bits per heavy atom. The molecule has 1 N–H and O–H groups in total. The van der Waals surface area contributed by atoms with Crippen molar-refractivity contribution in [2.75, 3.05) is 12.4 Å². The van der Waals surface area contributed by atoms with Crippen LogP contribution in [0.15, 0.2) is 59.6 Å². The van der Waals surface area contributed by atoms with E-state index >= 15 is 0 Å². The number of anilines is 1. The van der Waals surface area contributed by atoms with Crippen molar-refractivity contribution in [1.29, 1.82) is 0 Å². The van der Waals surface area contributed by atoms with Crippen LogP contribution in [0.5, 0.6) is 0 Å². The fourth-order valence-corrected chi connectivity index (χ4v) is 3.72. The van der Waals surface area contributed by atoms with E-state index in [1.807, 2.05) is 30.3 Å². The van der Waals surface area contributed by atoms with Gasteiger partial charge in [-0.2, -0.15) is 4.99 Å². The summed E-state index contributed by atoms with van der Waals surface area (Å²) in [6.07, 6.45) is 3.06. The van der Waals surface area contributed by atoms with Gasteiger partial charge in [0.25, 0.3) is 5.91 Å². The zero-order valence-corrected chi connectivity index (χ0v) is 16.7. The van der Waals surface area contributed by atoms with Gasteiger partial charge >= 0.3 is 5.97 Å². The standard InChI is InChI=1S/C21H19N3O4S/c1-14(25)22-16-9-10-17-18(12-16)29-21(24(17)13-20(27)28-2)23-19(26)11-8-15-6-4-3-5-7-15/h3-12H,13H2,1-2H3,(H,22,25). The van der Waals surface area contributed by atoms with E-state index in [1.54, 1.807) is 28.8 Å². The van der Waals surface area contributed by atoms with Gasteiger partial charge < -0.3 is 14.6 Å². The molecule has 2 aromatic carbocycles. The van der Waals surface area contributed by atoms with Crippen molar-refractivity contribution in [3.8, 4) is 0 Å². The summed E-state index contributed by atoms with van der Waals surface area (Å²) in [7, 11) is 1.30. The molecule has 0 spiro atoms. The third-order valence-corrected chi connectivity index (χ3v) is 4.98. The number of fused-ring (bicyclic) bond motifs is 1. The van der Waals surface area contributed by atoms with Crippen molar-refractivity contribution < 1.29 is 19.1 Å². The molecular formula is C21H19N3O4S. The minimum atomic E-state index is -0.454. The number of esters is 1. The maximum Gasteiger partial charge on any atom is 0.325 e. The van der Waals surface area contributed by atoms with Crippen molar-refractivity contribution in [3.05, 3.63) is 65.0 Å². The summed E-state index contributed by atoms with van der Waals surface area (Å²) in [4.78, 5) is 40.0. The first-order valence-corrected chi connectivity index (χ1v) is 9.57. The molecule has 1 heterocycles. The van der Waals surface area contributed by atoms with E-state index in [0.29, 0.717) is 16.0 Å². The highest BCUT2D eigenvalue weighted by Crippen LogP contribution is 2.22. The van der Waals surface area contributed by atoms with Crippen LogP contribution in [0.2, 0.25) is 0 Å². The largest absolute Gasteiger partial charge is 0.468 e. The van der Waals surface area contributed by atoms with Crippen LogP contribution in [0.1, 0.15) is 12.5 Å². The van der Waals surface area contributed by atoms with Gasteiger partial charge in [0.15, 0.2) is 4.80 Å². The highest BCUT2D eigenvalue weighted by Gasteiger charge is 2.12. The predicted octanol–water partition coefficient (Wildman–Crippen LogP) is 2.97. The molecule has 0 radical (unpaired) electrons. The second-order valence-electron chi connectivity index (χ2n) is 6.10. The SMILES string of the molecule is COC(=O)Cn1c(=NC(=O)C=Cc2ccccc2)sc2cc(NC(C)=O)ccc21. The van der Waals surface area contributed by atoms with E-state index < -0.39 is 11.9 Å². The zero-order chi connectivity index (χ0) is 20.8. The van der Waals surface area contributed by atoms with Crippen molar-refractivity contribution in [1.82, 2.24) is 4.57 Å². The van der Waals surface area contributed by atoms with Gasteiger partial charge in [-0.15, -0.1) is 0 Å². The molecule has 8 heteroatoms. The Morgan fingerprint density at radius 1 is 1.17 bits per heavy atom. The number of hydrogen-bond donors (Lipinski definition) is 1. The molecule has 148 valence electrons. The van der Waals surface area contributed by atoms with Gasteiger partial charge in [-0.1, -0.05) is 41.7 Å². The van der Waals surface area contributed by atoms with Crippen LogP contribution in [0.25, 0.3) is 16.3 Å². The summed E-state index contributed by atoms with van der Waals surface area (Å²) in [6.45, 7) is 1.35. The molecule has 0 aliphatic rings. The van der Waals surface area contributed by atoms with Crippen LogP contribution in [0.3, 0.4) is 0 Å². The Balaban J connectivity index is 2.01. The van der Waals surface area contributed by atoms with Crippen LogP contribution in [0.4, 0.5) is 5.69 Å². The molecule has 0 unspecified atom stereocenters. The van der Waals surface area contributed by atoms with Gasteiger partial charge in [0.05, 0.1) is 17.3 Å². The van der Waals surface area contributed by atoms with Crippen LogP contribution in [-0.4, -0.2) is 29.5 Å². The van der Waals surface area contributed by atoms with E-state index in [9.17, 15) is 14.4 Å². The van der Waals surface area contributed by atoms with Gasteiger partial charge in [0, 0.05) is 18.7 Å². The number of carbonyl (C=O) groups excluding carboxylic acids is 3. The van der Waals surface area contributed by atoms with Crippen molar-refractivity contribution in [2.45, 2.75) is 13.5 Å². The second kappa shape index (κ2) is 9.11. The molecule has 0 saturated carbocycles. The summed E-state index contributed by atoms with van der Waals surface area (Å²) in [5.74, 6) is -1.08. The number of methoxy groups -OCH3 is 1. The molecule has 0 bridgehead atoms. The van der Waals surface area contributed by atoms with Crippen LogP contribution in [0, 0.1) is 0 Å². The summed E-state index contributed by atoms with van der Waals surface area (Å²) >= 11 is 1.25. The monoisotopic (exact) mass is 409 g/mol. The number of thiazole rings is 1. The fourth-order valence-electron chi connectivity index (χ4n) is 2.65. The normalized spacial score (nSPS) is 11.7. The minimum absolute atomic E-state index is 0.0789. The Kier molecular flexibility index (Phi) is 6.36. The third kappa shape index (κ3) is 5.26. The second-order valence-corrected chi connectivity index (χ2v) is 7.11. The molecule has 0 atom stereocenters. The fraction of sp³-hybridized carbons (Fsp3) is 0.143. The highest BCUT2D eigenvalue weighted by atomic mass is 32.1. The van der Waals surface area contributed by atoms with Crippen LogP contribution < -0.4 is 10.1 Å². The Hall–Kier alpha value is -3.52. The number of amides is 2. The first-order chi connectivity index (χ1) is 14.0.